The molecule has 8 heteroatoms. The summed E-state index contributed by atoms with van der Waals surface area (Å²) >= 11 is 0. The topological polar surface area (TPSA) is 133 Å². The van der Waals surface area contributed by atoms with Crippen LogP contribution in [0.2, 0.25) is 0 Å². The zero-order chi connectivity index (χ0) is 16.8. The van der Waals surface area contributed by atoms with E-state index in [4.69, 9.17) is 34.8 Å². The van der Waals surface area contributed by atoms with Crippen LogP contribution in [0.5, 0.6) is 11.5 Å². The van der Waals surface area contributed by atoms with Gasteiger partial charge in [0.2, 0.25) is 0 Å². The lowest BCUT2D eigenvalue weighted by Gasteiger charge is -2.03. The van der Waals surface area contributed by atoms with E-state index in [1.807, 2.05) is 60.7 Å². The third kappa shape index (κ3) is 14.7. The molecule has 0 amide bonds. The van der Waals surface area contributed by atoms with E-state index in [0.717, 1.165) is 11.5 Å². The molecule has 0 aromatic heterocycles. The Balaban J connectivity index is 0.000000411. The second-order valence-corrected chi connectivity index (χ2v) is 4.78. The van der Waals surface area contributed by atoms with Gasteiger partial charge in [0.15, 0.2) is 0 Å². The Morgan fingerprint density at radius 2 is 1.14 bits per heavy atom. The van der Waals surface area contributed by atoms with Crippen molar-refractivity contribution < 1.29 is 29.1 Å². The molecule has 0 aliphatic rings. The smallest absolute Gasteiger partial charge is 0.457 e. The van der Waals surface area contributed by atoms with E-state index in [-0.39, 0.29) is 6.61 Å². The monoisotopic (exact) mass is 329 g/mol. The minimum Gasteiger partial charge on any atom is -0.457 e. The molecule has 0 fully saturated rings. The molecular formula is C14H20NO6P. The maximum absolute atomic E-state index is 8.88. The lowest BCUT2D eigenvalue weighted by atomic mass is 10.3. The largest absolute Gasteiger partial charge is 0.466 e. The number of benzene rings is 2. The van der Waals surface area contributed by atoms with Gasteiger partial charge >= 0.3 is 7.82 Å². The first kappa shape index (κ1) is 20.3. The van der Waals surface area contributed by atoms with Crippen LogP contribution < -0.4 is 10.5 Å². The minimum atomic E-state index is -4.64. The Hall–Kier alpha value is -1.73. The van der Waals surface area contributed by atoms with Crippen LogP contribution in [0.1, 0.15) is 0 Å². The molecule has 22 heavy (non-hydrogen) atoms. The number of hydrogen-bond acceptors (Lipinski definition) is 4. The minimum absolute atomic E-state index is 0.0972. The standard InChI is InChI=1S/C12H10O.C2H7NO.H3O4P/c1-3-7-11(8-4-1)13-12-9-5-2-6-10-12;3-1-2-4;1-5(2,3)4/h1-10H;4H,1-3H2;(H3,1,2,3,4). The molecule has 0 aliphatic heterocycles. The summed E-state index contributed by atoms with van der Waals surface area (Å²) in [7, 11) is -4.64. The predicted molar refractivity (Wildman–Crippen MR) is 83.4 cm³/mol. The summed E-state index contributed by atoms with van der Waals surface area (Å²) in [6.07, 6.45) is 0. The van der Waals surface area contributed by atoms with Crippen molar-refractivity contribution in [3.63, 3.8) is 0 Å². The molecule has 0 spiro atoms. The molecule has 7 nitrogen and oxygen atoms in total. The normalized spacial score (nSPS) is 9.68. The average molecular weight is 329 g/mol. The molecule has 6 N–H and O–H groups in total. The summed E-state index contributed by atoms with van der Waals surface area (Å²) in [5.74, 6) is 1.74. The number of para-hydroxylation sites is 2. The first-order valence-electron chi connectivity index (χ1n) is 6.24. The number of nitrogens with two attached hydrogens (primary N) is 1. The van der Waals surface area contributed by atoms with E-state index in [0.29, 0.717) is 6.54 Å². The predicted octanol–water partition coefficient (Wildman–Crippen LogP) is 1.49. The lowest BCUT2D eigenvalue weighted by Crippen LogP contribution is -2.02. The first-order chi connectivity index (χ1) is 10.4. The number of ether oxygens (including phenoxy) is 1. The summed E-state index contributed by atoms with van der Waals surface area (Å²) < 4.78 is 14.5. The van der Waals surface area contributed by atoms with Gasteiger partial charge in [0.1, 0.15) is 11.5 Å². The van der Waals surface area contributed by atoms with Crippen molar-refractivity contribution in [3.05, 3.63) is 60.7 Å². The maximum Gasteiger partial charge on any atom is 0.466 e. The van der Waals surface area contributed by atoms with Crippen LogP contribution in [0.4, 0.5) is 0 Å². The Labute approximate surface area is 128 Å². The van der Waals surface area contributed by atoms with E-state index < -0.39 is 7.82 Å². The Morgan fingerprint density at radius 1 is 0.864 bits per heavy atom. The third-order valence-electron chi connectivity index (χ3n) is 1.85. The molecule has 2 aromatic rings. The van der Waals surface area contributed by atoms with Crippen LogP contribution in [0, 0.1) is 0 Å². The third-order valence-corrected chi connectivity index (χ3v) is 1.85. The highest BCUT2D eigenvalue weighted by Crippen LogP contribution is 2.25. The van der Waals surface area contributed by atoms with E-state index >= 15 is 0 Å². The molecule has 0 radical (unpaired) electrons. The second kappa shape index (κ2) is 11.9. The maximum atomic E-state index is 8.88. The van der Waals surface area contributed by atoms with Gasteiger partial charge in [0, 0.05) is 6.54 Å². The average Bonchev–Trinajstić information content (AvgIpc) is 2.48. The van der Waals surface area contributed by atoms with E-state index in [9.17, 15) is 0 Å². The first-order valence-corrected chi connectivity index (χ1v) is 7.80. The summed E-state index contributed by atoms with van der Waals surface area (Å²) in [6.45, 7) is 0.472. The summed E-state index contributed by atoms with van der Waals surface area (Å²) in [5.41, 5.74) is 4.78. The molecule has 2 rings (SSSR count). The molecule has 0 saturated carbocycles. The van der Waals surface area contributed by atoms with Crippen LogP contribution in [0.15, 0.2) is 60.7 Å². The lowest BCUT2D eigenvalue weighted by molar-refractivity contribution is 0.275. The van der Waals surface area contributed by atoms with Crippen molar-refractivity contribution in [2.24, 2.45) is 5.73 Å². The molecule has 0 saturated heterocycles. The van der Waals surface area contributed by atoms with Gasteiger partial charge < -0.3 is 30.3 Å². The Morgan fingerprint density at radius 3 is 1.36 bits per heavy atom. The van der Waals surface area contributed by atoms with Gasteiger partial charge in [0.05, 0.1) is 6.61 Å². The van der Waals surface area contributed by atoms with Gasteiger partial charge in [-0.15, -0.1) is 0 Å². The van der Waals surface area contributed by atoms with Crippen molar-refractivity contribution in [1.29, 1.82) is 0 Å². The fourth-order valence-electron chi connectivity index (χ4n) is 1.11. The van der Waals surface area contributed by atoms with Crippen LogP contribution in [-0.2, 0) is 4.57 Å². The molecule has 0 aliphatic carbocycles. The highest BCUT2D eigenvalue weighted by Gasteiger charge is 2.00. The number of aliphatic hydroxyl groups is 1. The Bertz CT molecular complexity index is 484. The quantitative estimate of drug-likeness (QED) is 0.539. The van der Waals surface area contributed by atoms with Crippen molar-refractivity contribution in [3.8, 4) is 11.5 Å². The zero-order valence-electron chi connectivity index (χ0n) is 11.8. The fourth-order valence-corrected chi connectivity index (χ4v) is 1.11. The molecule has 2 aromatic carbocycles. The van der Waals surface area contributed by atoms with Crippen molar-refractivity contribution in [2.75, 3.05) is 13.2 Å². The van der Waals surface area contributed by atoms with Gasteiger partial charge in [-0.25, -0.2) is 4.57 Å². The number of hydrogen-bond donors (Lipinski definition) is 5. The molecule has 0 heterocycles. The van der Waals surface area contributed by atoms with Gasteiger partial charge in [-0.1, -0.05) is 36.4 Å². The zero-order valence-corrected chi connectivity index (χ0v) is 12.7. The number of rotatable bonds is 3. The molecule has 0 atom stereocenters. The van der Waals surface area contributed by atoms with Crippen LogP contribution >= 0.6 is 7.82 Å². The highest BCUT2D eigenvalue weighted by molar-refractivity contribution is 7.45. The van der Waals surface area contributed by atoms with Crippen molar-refractivity contribution in [1.82, 2.24) is 0 Å². The highest BCUT2D eigenvalue weighted by atomic mass is 31.2. The number of phosphoric acid groups is 1. The van der Waals surface area contributed by atoms with Gasteiger partial charge in [-0.05, 0) is 24.3 Å². The second-order valence-electron chi connectivity index (χ2n) is 3.75. The SMILES string of the molecule is NCCO.O=P(O)(O)O.c1ccc(Oc2ccccc2)cc1. The summed E-state index contributed by atoms with van der Waals surface area (Å²) in [6, 6.07) is 19.5. The van der Waals surface area contributed by atoms with Gasteiger partial charge in [-0.2, -0.15) is 0 Å². The summed E-state index contributed by atoms with van der Waals surface area (Å²) in [5, 5.41) is 7.75. The number of aliphatic hydroxyl groups excluding tert-OH is 1. The molecule has 122 valence electrons. The fraction of sp³-hybridized carbons (Fsp3) is 0.143. The van der Waals surface area contributed by atoms with Crippen molar-refractivity contribution in [2.45, 2.75) is 0 Å². The van der Waals surface area contributed by atoms with Crippen LogP contribution in [0.3, 0.4) is 0 Å². The van der Waals surface area contributed by atoms with E-state index in [2.05, 4.69) is 0 Å². The van der Waals surface area contributed by atoms with E-state index in [1.165, 1.54) is 0 Å². The van der Waals surface area contributed by atoms with E-state index in [1.54, 1.807) is 0 Å². The molecule has 0 bridgehead atoms. The summed E-state index contributed by atoms with van der Waals surface area (Å²) in [4.78, 5) is 21.6. The molecular weight excluding hydrogens is 309 g/mol. The van der Waals surface area contributed by atoms with Crippen molar-refractivity contribution >= 4 is 7.82 Å². The van der Waals surface area contributed by atoms with Crippen LogP contribution in [-0.4, -0.2) is 32.9 Å². The van der Waals surface area contributed by atoms with Gasteiger partial charge in [0.25, 0.3) is 0 Å². The van der Waals surface area contributed by atoms with Gasteiger partial charge in [-0.3, -0.25) is 0 Å². The molecule has 0 unspecified atom stereocenters. The Kier molecular flexibility index (Phi) is 10.9. The van der Waals surface area contributed by atoms with Crippen LogP contribution in [0.25, 0.3) is 0 Å².